The highest BCUT2D eigenvalue weighted by Gasteiger charge is 2.28. The minimum atomic E-state index is -4.03. The number of carbonyl (C=O) groups is 2. The molecule has 0 unspecified atom stereocenters. The Morgan fingerprint density at radius 3 is 2.21 bits per heavy atom. The van der Waals surface area contributed by atoms with Crippen LogP contribution in [0.15, 0.2) is 83.8 Å². The van der Waals surface area contributed by atoms with Crippen molar-refractivity contribution in [3.05, 3.63) is 90.0 Å². The Morgan fingerprint density at radius 2 is 1.52 bits per heavy atom. The number of hydrogen-bond acceptors (Lipinski definition) is 5. The fraction of sp³-hybridized carbons (Fsp3) is 0.200. The van der Waals surface area contributed by atoms with Gasteiger partial charge in [0.2, 0.25) is 5.91 Å². The Balaban J connectivity index is 1.97. The van der Waals surface area contributed by atoms with Crippen LogP contribution in [0.5, 0.6) is 0 Å². The number of carbonyl (C=O) groups excluding carboxylic acids is 2. The molecule has 0 bridgehead atoms. The van der Waals surface area contributed by atoms with E-state index in [2.05, 4.69) is 5.32 Å². The van der Waals surface area contributed by atoms with Gasteiger partial charge in [0.05, 0.1) is 28.4 Å². The highest BCUT2D eigenvalue weighted by atomic mass is 32.2. The van der Waals surface area contributed by atoms with Crippen LogP contribution < -0.4 is 9.62 Å². The maximum atomic E-state index is 13.5. The number of esters is 1. The Bertz CT molecular complexity index is 1230. The first-order valence-corrected chi connectivity index (χ1v) is 12.0. The molecule has 0 aliphatic heterocycles. The van der Waals surface area contributed by atoms with E-state index in [1.807, 2.05) is 19.1 Å². The Hall–Kier alpha value is -3.65. The second-order valence-corrected chi connectivity index (χ2v) is 8.98. The SMILES string of the molecule is CCOC(=O)c1ccccc1NC(=O)CN(c1ccccc1CC)S(=O)(=O)c1ccccc1. The van der Waals surface area contributed by atoms with Crippen molar-refractivity contribution in [3.8, 4) is 0 Å². The van der Waals surface area contributed by atoms with Gasteiger partial charge in [-0.1, -0.05) is 55.5 Å². The van der Waals surface area contributed by atoms with Crippen LogP contribution >= 0.6 is 0 Å². The zero-order chi connectivity index (χ0) is 23.8. The van der Waals surface area contributed by atoms with E-state index in [9.17, 15) is 18.0 Å². The highest BCUT2D eigenvalue weighted by Crippen LogP contribution is 2.28. The summed E-state index contributed by atoms with van der Waals surface area (Å²) in [6.45, 7) is 3.34. The highest BCUT2D eigenvalue weighted by molar-refractivity contribution is 7.92. The number of hydrogen-bond donors (Lipinski definition) is 1. The molecule has 0 atom stereocenters. The average molecular weight is 467 g/mol. The third kappa shape index (κ3) is 5.59. The largest absolute Gasteiger partial charge is 0.462 e. The van der Waals surface area contributed by atoms with Gasteiger partial charge in [0.15, 0.2) is 0 Å². The molecule has 0 radical (unpaired) electrons. The first-order valence-electron chi connectivity index (χ1n) is 10.6. The molecule has 0 aliphatic carbocycles. The normalized spacial score (nSPS) is 11.0. The van der Waals surface area contributed by atoms with Crippen molar-refractivity contribution >= 4 is 33.3 Å². The number of ether oxygens (including phenoxy) is 1. The lowest BCUT2D eigenvalue weighted by Gasteiger charge is -2.26. The van der Waals surface area contributed by atoms with Crippen LogP contribution in [0.1, 0.15) is 29.8 Å². The first kappa shape index (κ1) is 24.0. The van der Waals surface area contributed by atoms with Crippen LogP contribution in [-0.4, -0.2) is 33.4 Å². The van der Waals surface area contributed by atoms with E-state index < -0.39 is 28.4 Å². The quantitative estimate of drug-likeness (QED) is 0.476. The molecule has 1 amide bonds. The predicted octanol–water partition coefficient (Wildman–Crippen LogP) is 4.26. The van der Waals surface area contributed by atoms with Gasteiger partial charge in [-0.3, -0.25) is 9.10 Å². The summed E-state index contributed by atoms with van der Waals surface area (Å²) in [7, 11) is -4.03. The van der Waals surface area contributed by atoms with Crippen LogP contribution in [0.25, 0.3) is 0 Å². The van der Waals surface area contributed by atoms with Crippen molar-refractivity contribution < 1.29 is 22.7 Å². The zero-order valence-corrected chi connectivity index (χ0v) is 19.3. The molecular weight excluding hydrogens is 440 g/mol. The second kappa shape index (κ2) is 10.8. The van der Waals surface area contributed by atoms with E-state index in [0.29, 0.717) is 12.1 Å². The van der Waals surface area contributed by atoms with Crippen molar-refractivity contribution in [2.24, 2.45) is 0 Å². The lowest BCUT2D eigenvalue weighted by atomic mass is 10.1. The fourth-order valence-corrected chi connectivity index (χ4v) is 4.85. The van der Waals surface area contributed by atoms with Crippen LogP contribution in [0.3, 0.4) is 0 Å². The van der Waals surface area contributed by atoms with E-state index >= 15 is 0 Å². The maximum Gasteiger partial charge on any atom is 0.340 e. The van der Waals surface area contributed by atoms with E-state index in [4.69, 9.17) is 4.74 Å². The third-order valence-electron chi connectivity index (χ3n) is 4.96. The second-order valence-electron chi connectivity index (χ2n) is 7.12. The van der Waals surface area contributed by atoms with Crippen molar-refractivity contribution in [2.75, 3.05) is 22.8 Å². The summed E-state index contributed by atoms with van der Waals surface area (Å²) in [6, 6.07) is 21.5. The van der Waals surface area contributed by atoms with Gasteiger partial charge in [-0.05, 0) is 49.2 Å². The molecule has 3 aromatic rings. The van der Waals surface area contributed by atoms with Crippen LogP contribution in [0, 0.1) is 0 Å². The number of nitrogens with one attached hydrogen (secondary N) is 1. The molecule has 0 saturated heterocycles. The van der Waals surface area contributed by atoms with Gasteiger partial charge in [-0.15, -0.1) is 0 Å². The molecular formula is C25H26N2O5S. The zero-order valence-electron chi connectivity index (χ0n) is 18.5. The molecule has 172 valence electrons. The topological polar surface area (TPSA) is 92.8 Å². The van der Waals surface area contributed by atoms with Gasteiger partial charge in [0.1, 0.15) is 6.54 Å². The van der Waals surface area contributed by atoms with Crippen molar-refractivity contribution in [1.29, 1.82) is 0 Å². The van der Waals surface area contributed by atoms with Gasteiger partial charge in [0, 0.05) is 0 Å². The minimum absolute atomic E-state index is 0.0793. The Morgan fingerprint density at radius 1 is 0.879 bits per heavy atom. The summed E-state index contributed by atoms with van der Waals surface area (Å²) < 4.78 is 33.2. The predicted molar refractivity (Wildman–Crippen MR) is 128 cm³/mol. The molecule has 0 saturated carbocycles. The van der Waals surface area contributed by atoms with E-state index in [-0.39, 0.29) is 22.8 Å². The van der Waals surface area contributed by atoms with Gasteiger partial charge in [-0.25, -0.2) is 13.2 Å². The third-order valence-corrected chi connectivity index (χ3v) is 6.73. The summed E-state index contributed by atoms with van der Waals surface area (Å²) in [5.41, 5.74) is 1.66. The minimum Gasteiger partial charge on any atom is -0.462 e. The smallest absolute Gasteiger partial charge is 0.340 e. The number of anilines is 2. The Kier molecular flexibility index (Phi) is 7.84. The first-order chi connectivity index (χ1) is 15.9. The number of sulfonamides is 1. The van der Waals surface area contributed by atoms with Gasteiger partial charge >= 0.3 is 5.97 Å². The molecule has 0 heterocycles. The number of rotatable bonds is 9. The molecule has 0 aromatic heterocycles. The van der Waals surface area contributed by atoms with Crippen molar-refractivity contribution in [1.82, 2.24) is 0 Å². The van der Waals surface area contributed by atoms with Crippen LogP contribution in [-0.2, 0) is 26.0 Å². The van der Waals surface area contributed by atoms with Gasteiger partial charge in [0.25, 0.3) is 10.0 Å². The molecule has 3 aromatic carbocycles. The number of benzene rings is 3. The standard InChI is InChI=1S/C25H26N2O5S/c1-3-19-12-8-11-17-23(19)27(33(30,31)20-13-6-5-7-14-20)18-24(28)26-22-16-10-9-15-21(22)25(29)32-4-2/h5-17H,3-4,18H2,1-2H3,(H,26,28). The summed E-state index contributed by atoms with van der Waals surface area (Å²) in [5.74, 6) is -1.16. The van der Waals surface area contributed by atoms with Gasteiger partial charge in [-0.2, -0.15) is 0 Å². The molecule has 33 heavy (non-hydrogen) atoms. The number of nitrogens with zero attached hydrogens (tertiary/aromatic N) is 1. The number of para-hydroxylation sites is 2. The molecule has 7 nitrogen and oxygen atoms in total. The molecule has 0 fully saturated rings. The molecule has 3 rings (SSSR count). The van der Waals surface area contributed by atoms with E-state index in [1.165, 1.54) is 12.1 Å². The Labute approximate surface area is 194 Å². The summed E-state index contributed by atoms with van der Waals surface area (Å²) >= 11 is 0. The average Bonchev–Trinajstić information content (AvgIpc) is 2.83. The van der Waals surface area contributed by atoms with Crippen molar-refractivity contribution in [3.63, 3.8) is 0 Å². The molecule has 1 N–H and O–H groups in total. The van der Waals surface area contributed by atoms with Crippen LogP contribution in [0.2, 0.25) is 0 Å². The van der Waals surface area contributed by atoms with E-state index in [1.54, 1.807) is 61.5 Å². The summed E-state index contributed by atoms with van der Waals surface area (Å²) in [5, 5.41) is 2.67. The molecule has 0 aliphatic rings. The lowest BCUT2D eigenvalue weighted by molar-refractivity contribution is -0.114. The number of amides is 1. The van der Waals surface area contributed by atoms with E-state index in [0.717, 1.165) is 9.87 Å². The van der Waals surface area contributed by atoms with Crippen LogP contribution in [0.4, 0.5) is 11.4 Å². The monoisotopic (exact) mass is 466 g/mol. The number of aryl methyl sites for hydroxylation is 1. The fourth-order valence-electron chi connectivity index (χ4n) is 3.37. The molecule has 0 spiro atoms. The maximum absolute atomic E-state index is 13.5. The molecule has 8 heteroatoms. The van der Waals surface area contributed by atoms with Gasteiger partial charge < -0.3 is 10.1 Å². The summed E-state index contributed by atoms with van der Waals surface area (Å²) in [6.07, 6.45) is 0.588. The summed E-state index contributed by atoms with van der Waals surface area (Å²) in [4.78, 5) is 25.4. The van der Waals surface area contributed by atoms with Crippen molar-refractivity contribution in [2.45, 2.75) is 25.2 Å². The lowest BCUT2D eigenvalue weighted by Crippen LogP contribution is -2.38.